The van der Waals surface area contributed by atoms with Crippen molar-refractivity contribution in [2.75, 3.05) is 0 Å². The molecule has 1 fully saturated rings. The highest BCUT2D eigenvalue weighted by atomic mass is 35.5. The maximum absolute atomic E-state index is 6.24. The number of nitrogens with two attached hydrogens (primary N) is 1. The molecule has 1 atom stereocenters. The first kappa shape index (κ1) is 10.9. The largest absolute Gasteiger partial charge is 0.324 e. The smallest absolute Gasteiger partial charge is 0.129 e. The van der Waals surface area contributed by atoms with Gasteiger partial charge in [-0.25, -0.2) is 4.98 Å². The lowest BCUT2D eigenvalue weighted by Crippen LogP contribution is -2.23. The van der Waals surface area contributed by atoms with Crippen LogP contribution in [-0.4, -0.2) is 4.98 Å². The van der Waals surface area contributed by atoms with Gasteiger partial charge >= 0.3 is 0 Å². The lowest BCUT2D eigenvalue weighted by Gasteiger charge is -2.27. The van der Waals surface area contributed by atoms with E-state index in [1.54, 1.807) is 0 Å². The molecule has 1 aliphatic rings. The minimum absolute atomic E-state index is 0.134. The molecule has 0 spiro atoms. The molecular formula is C12H17ClN2. The van der Waals surface area contributed by atoms with Crippen LogP contribution in [0.4, 0.5) is 0 Å². The number of aromatic nitrogens is 1. The van der Waals surface area contributed by atoms with E-state index in [0.29, 0.717) is 11.1 Å². The zero-order valence-electron chi connectivity index (χ0n) is 8.82. The van der Waals surface area contributed by atoms with Crippen molar-refractivity contribution in [1.29, 1.82) is 0 Å². The van der Waals surface area contributed by atoms with E-state index in [-0.39, 0.29) is 6.04 Å². The second-order valence-corrected chi connectivity index (χ2v) is 4.73. The molecule has 0 radical (unpaired) electrons. The molecule has 1 aliphatic carbocycles. The van der Waals surface area contributed by atoms with Crippen molar-refractivity contribution in [3.05, 3.63) is 29.0 Å². The first-order chi connectivity index (χ1) is 7.27. The van der Waals surface area contributed by atoms with Gasteiger partial charge in [0.2, 0.25) is 0 Å². The highest BCUT2D eigenvalue weighted by Gasteiger charge is 2.21. The molecule has 3 heteroatoms. The summed E-state index contributed by atoms with van der Waals surface area (Å²) in [6.07, 6.45) is 8.32. The molecular weight excluding hydrogens is 208 g/mol. The molecule has 0 amide bonds. The molecule has 15 heavy (non-hydrogen) atoms. The lowest BCUT2D eigenvalue weighted by atomic mass is 9.82. The van der Waals surface area contributed by atoms with Crippen LogP contribution in [0.3, 0.4) is 0 Å². The predicted octanol–water partition coefficient (Wildman–Crippen LogP) is 3.32. The summed E-state index contributed by atoms with van der Waals surface area (Å²) in [4.78, 5) is 4.08. The van der Waals surface area contributed by atoms with Crippen molar-refractivity contribution in [2.45, 2.75) is 38.1 Å². The highest BCUT2D eigenvalue weighted by molar-refractivity contribution is 6.29. The number of halogens is 1. The van der Waals surface area contributed by atoms with Gasteiger partial charge in [-0.3, -0.25) is 0 Å². The summed E-state index contributed by atoms with van der Waals surface area (Å²) in [6, 6.07) is 3.95. The SMILES string of the molecule is N[C@@H](c1ccc(Cl)nc1)C1CCCCC1. The van der Waals surface area contributed by atoms with Gasteiger partial charge in [0.15, 0.2) is 0 Å². The van der Waals surface area contributed by atoms with Crippen LogP contribution < -0.4 is 5.73 Å². The number of pyridine rings is 1. The van der Waals surface area contributed by atoms with Gasteiger partial charge in [0.1, 0.15) is 5.15 Å². The Morgan fingerprint density at radius 1 is 1.27 bits per heavy atom. The third-order valence-electron chi connectivity index (χ3n) is 3.29. The van der Waals surface area contributed by atoms with E-state index in [2.05, 4.69) is 4.98 Å². The molecule has 1 aromatic rings. The number of hydrogen-bond donors (Lipinski definition) is 1. The molecule has 0 unspecified atom stereocenters. The van der Waals surface area contributed by atoms with Crippen LogP contribution in [0.1, 0.15) is 43.7 Å². The molecule has 0 aliphatic heterocycles. The molecule has 2 N–H and O–H groups in total. The molecule has 0 saturated heterocycles. The highest BCUT2D eigenvalue weighted by Crippen LogP contribution is 2.32. The summed E-state index contributed by atoms with van der Waals surface area (Å²) >= 11 is 5.75. The maximum Gasteiger partial charge on any atom is 0.129 e. The van der Waals surface area contributed by atoms with Crippen molar-refractivity contribution >= 4 is 11.6 Å². The molecule has 1 saturated carbocycles. The third-order valence-corrected chi connectivity index (χ3v) is 3.52. The van der Waals surface area contributed by atoms with Gasteiger partial charge in [-0.2, -0.15) is 0 Å². The van der Waals surface area contributed by atoms with Crippen LogP contribution in [0.5, 0.6) is 0 Å². The van der Waals surface area contributed by atoms with E-state index in [1.807, 2.05) is 18.3 Å². The lowest BCUT2D eigenvalue weighted by molar-refractivity contribution is 0.308. The Balaban J connectivity index is 2.05. The summed E-state index contributed by atoms with van der Waals surface area (Å²) in [5.74, 6) is 0.627. The van der Waals surface area contributed by atoms with E-state index in [0.717, 1.165) is 5.56 Å². The zero-order valence-corrected chi connectivity index (χ0v) is 9.58. The summed E-state index contributed by atoms with van der Waals surface area (Å²) in [5.41, 5.74) is 7.35. The Morgan fingerprint density at radius 3 is 2.60 bits per heavy atom. The number of rotatable bonds is 2. The molecule has 0 bridgehead atoms. The van der Waals surface area contributed by atoms with E-state index in [4.69, 9.17) is 17.3 Å². The van der Waals surface area contributed by atoms with Crippen molar-refractivity contribution in [2.24, 2.45) is 11.7 Å². The van der Waals surface area contributed by atoms with Crippen LogP contribution >= 0.6 is 11.6 Å². The van der Waals surface area contributed by atoms with Crippen LogP contribution in [0.15, 0.2) is 18.3 Å². The topological polar surface area (TPSA) is 38.9 Å². The van der Waals surface area contributed by atoms with Crippen molar-refractivity contribution in [3.63, 3.8) is 0 Å². The number of hydrogen-bond acceptors (Lipinski definition) is 2. The molecule has 0 aromatic carbocycles. The first-order valence-electron chi connectivity index (χ1n) is 5.64. The molecule has 1 aromatic heterocycles. The van der Waals surface area contributed by atoms with Crippen molar-refractivity contribution in [1.82, 2.24) is 4.98 Å². The molecule has 2 nitrogen and oxygen atoms in total. The standard InChI is InChI=1S/C12H17ClN2/c13-11-7-6-10(8-15-11)12(14)9-4-2-1-3-5-9/h6-9,12H,1-5,14H2/t12-/m1/s1. The maximum atomic E-state index is 6.24. The van der Waals surface area contributed by atoms with Gasteiger partial charge in [0.25, 0.3) is 0 Å². The minimum Gasteiger partial charge on any atom is -0.324 e. The van der Waals surface area contributed by atoms with Gasteiger partial charge in [-0.15, -0.1) is 0 Å². The Hall–Kier alpha value is -0.600. The third kappa shape index (κ3) is 2.70. The van der Waals surface area contributed by atoms with Gasteiger partial charge < -0.3 is 5.73 Å². The van der Waals surface area contributed by atoms with Crippen LogP contribution in [0.25, 0.3) is 0 Å². The zero-order chi connectivity index (χ0) is 10.7. The van der Waals surface area contributed by atoms with Crippen LogP contribution in [0.2, 0.25) is 5.15 Å². The first-order valence-corrected chi connectivity index (χ1v) is 6.02. The van der Waals surface area contributed by atoms with Gasteiger partial charge in [-0.1, -0.05) is 36.9 Å². The quantitative estimate of drug-likeness (QED) is 0.783. The Kier molecular flexibility index (Phi) is 3.60. The summed E-state index contributed by atoms with van der Waals surface area (Å²) in [7, 11) is 0. The van der Waals surface area contributed by atoms with E-state index >= 15 is 0 Å². The second kappa shape index (κ2) is 4.95. The Bertz CT molecular complexity index is 304. The monoisotopic (exact) mass is 224 g/mol. The van der Waals surface area contributed by atoms with Gasteiger partial charge in [0, 0.05) is 12.2 Å². The Morgan fingerprint density at radius 2 is 2.00 bits per heavy atom. The average Bonchev–Trinajstić information content (AvgIpc) is 2.30. The second-order valence-electron chi connectivity index (χ2n) is 4.34. The summed E-state index contributed by atoms with van der Waals surface area (Å²) in [5, 5.41) is 0.537. The summed E-state index contributed by atoms with van der Waals surface area (Å²) in [6.45, 7) is 0. The van der Waals surface area contributed by atoms with E-state index in [1.165, 1.54) is 32.1 Å². The van der Waals surface area contributed by atoms with E-state index < -0.39 is 0 Å². The minimum atomic E-state index is 0.134. The fraction of sp³-hybridized carbons (Fsp3) is 0.583. The average molecular weight is 225 g/mol. The summed E-state index contributed by atoms with van der Waals surface area (Å²) < 4.78 is 0. The fourth-order valence-electron chi connectivity index (χ4n) is 2.35. The van der Waals surface area contributed by atoms with Crippen molar-refractivity contribution in [3.8, 4) is 0 Å². The number of nitrogens with zero attached hydrogens (tertiary/aromatic N) is 1. The molecule has 82 valence electrons. The molecule has 2 rings (SSSR count). The Labute approximate surface area is 95.8 Å². The van der Waals surface area contributed by atoms with Crippen LogP contribution in [-0.2, 0) is 0 Å². The van der Waals surface area contributed by atoms with Gasteiger partial charge in [-0.05, 0) is 30.4 Å². The van der Waals surface area contributed by atoms with Crippen molar-refractivity contribution < 1.29 is 0 Å². The van der Waals surface area contributed by atoms with Crippen LogP contribution in [0, 0.1) is 5.92 Å². The van der Waals surface area contributed by atoms with Gasteiger partial charge in [0.05, 0.1) is 0 Å². The normalized spacial score (nSPS) is 20.1. The predicted molar refractivity (Wildman–Crippen MR) is 62.8 cm³/mol. The van der Waals surface area contributed by atoms with E-state index in [9.17, 15) is 0 Å². The fourth-order valence-corrected chi connectivity index (χ4v) is 2.46. The molecule has 1 heterocycles.